The van der Waals surface area contributed by atoms with Crippen LogP contribution in [0.4, 0.5) is 5.69 Å². The van der Waals surface area contributed by atoms with Crippen molar-refractivity contribution in [1.82, 2.24) is 4.72 Å². The van der Waals surface area contributed by atoms with Crippen LogP contribution in [0.1, 0.15) is 16.9 Å². The number of para-hydroxylation sites is 1. The van der Waals surface area contributed by atoms with E-state index in [1.54, 1.807) is 36.4 Å². The summed E-state index contributed by atoms with van der Waals surface area (Å²) in [6.07, 6.45) is 4.10. The molecule has 166 valence electrons. The van der Waals surface area contributed by atoms with E-state index >= 15 is 0 Å². The molecule has 32 heavy (non-hydrogen) atoms. The summed E-state index contributed by atoms with van der Waals surface area (Å²) in [5.74, 6) is -0.640. The fourth-order valence-corrected chi connectivity index (χ4v) is 3.66. The van der Waals surface area contributed by atoms with Gasteiger partial charge in [-0.15, -0.1) is 0 Å². The summed E-state index contributed by atoms with van der Waals surface area (Å²) in [4.78, 5) is 23.9. The van der Waals surface area contributed by atoms with Crippen LogP contribution in [0.15, 0.2) is 82.3 Å². The number of carbonyl (C=O) groups is 2. The van der Waals surface area contributed by atoms with Crippen LogP contribution in [-0.2, 0) is 30.9 Å². The largest absolute Gasteiger partial charge is 0.468 e. The van der Waals surface area contributed by atoms with E-state index in [2.05, 4.69) is 10.0 Å². The number of hydrogen-bond donors (Lipinski definition) is 2. The van der Waals surface area contributed by atoms with E-state index in [9.17, 15) is 18.0 Å². The third-order valence-electron chi connectivity index (χ3n) is 4.38. The molecule has 0 unspecified atom stereocenters. The lowest BCUT2D eigenvalue weighted by Gasteiger charge is -2.07. The van der Waals surface area contributed by atoms with Crippen molar-refractivity contribution >= 4 is 33.7 Å². The lowest BCUT2D eigenvalue weighted by Crippen LogP contribution is -2.22. The van der Waals surface area contributed by atoms with Crippen molar-refractivity contribution in [3.63, 3.8) is 0 Å². The lowest BCUT2D eigenvalue weighted by molar-refractivity contribution is -0.142. The van der Waals surface area contributed by atoms with Gasteiger partial charge < -0.3 is 14.5 Å². The maximum absolute atomic E-state index is 12.3. The number of furan rings is 1. The van der Waals surface area contributed by atoms with E-state index in [-0.39, 0.29) is 11.4 Å². The van der Waals surface area contributed by atoms with Gasteiger partial charge in [0.15, 0.2) is 6.61 Å². The zero-order valence-corrected chi connectivity index (χ0v) is 18.1. The quantitative estimate of drug-likeness (QED) is 0.379. The summed E-state index contributed by atoms with van der Waals surface area (Å²) in [6.45, 7) is 1.48. The number of nitrogens with one attached hydrogen (secondary N) is 2. The van der Waals surface area contributed by atoms with Crippen molar-refractivity contribution in [2.24, 2.45) is 0 Å². The number of benzene rings is 2. The molecule has 0 saturated heterocycles. The van der Waals surface area contributed by atoms with E-state index in [4.69, 9.17) is 9.15 Å². The van der Waals surface area contributed by atoms with Crippen molar-refractivity contribution < 1.29 is 27.2 Å². The normalized spacial score (nSPS) is 11.4. The first-order chi connectivity index (χ1) is 15.3. The van der Waals surface area contributed by atoms with Crippen molar-refractivity contribution in [1.29, 1.82) is 0 Å². The Bertz CT molecular complexity index is 1200. The third kappa shape index (κ3) is 6.66. The molecule has 0 saturated carbocycles. The predicted molar refractivity (Wildman–Crippen MR) is 119 cm³/mol. The average Bonchev–Trinajstić information content (AvgIpc) is 3.31. The van der Waals surface area contributed by atoms with Gasteiger partial charge in [-0.1, -0.05) is 30.3 Å². The Morgan fingerprint density at radius 1 is 1.03 bits per heavy atom. The van der Waals surface area contributed by atoms with Crippen LogP contribution in [0.2, 0.25) is 0 Å². The standard InChI is InChI=1S/C23H22N2O6S/c1-17-5-2-3-7-21(17)25-22(26)16-31-23(27)13-10-18-8-11-20(12-9-18)32(28,29)24-15-19-6-4-14-30-19/h2-14,24H,15-16H2,1H3,(H,25,26). The van der Waals surface area contributed by atoms with E-state index in [0.717, 1.165) is 5.56 Å². The minimum absolute atomic E-state index is 0.0419. The Balaban J connectivity index is 1.48. The zero-order chi connectivity index (χ0) is 23.0. The lowest BCUT2D eigenvalue weighted by atomic mass is 10.2. The summed E-state index contributed by atoms with van der Waals surface area (Å²) in [5.41, 5.74) is 2.14. The minimum atomic E-state index is -3.70. The number of anilines is 1. The van der Waals surface area contributed by atoms with Gasteiger partial charge >= 0.3 is 5.97 Å². The molecule has 0 atom stereocenters. The van der Waals surface area contributed by atoms with Gasteiger partial charge in [-0.25, -0.2) is 17.9 Å². The molecule has 1 amide bonds. The van der Waals surface area contributed by atoms with Crippen LogP contribution >= 0.6 is 0 Å². The Hall–Kier alpha value is -3.69. The highest BCUT2D eigenvalue weighted by atomic mass is 32.2. The molecule has 0 radical (unpaired) electrons. The summed E-state index contributed by atoms with van der Waals surface area (Å²) in [7, 11) is -3.70. The highest BCUT2D eigenvalue weighted by molar-refractivity contribution is 7.89. The second-order valence-electron chi connectivity index (χ2n) is 6.78. The van der Waals surface area contributed by atoms with Gasteiger partial charge in [0.05, 0.1) is 17.7 Å². The number of esters is 1. The highest BCUT2D eigenvalue weighted by Crippen LogP contribution is 2.14. The van der Waals surface area contributed by atoms with Gasteiger partial charge in [0.25, 0.3) is 5.91 Å². The number of sulfonamides is 1. The van der Waals surface area contributed by atoms with Crippen LogP contribution in [0, 0.1) is 6.92 Å². The first-order valence-electron chi connectivity index (χ1n) is 9.66. The van der Waals surface area contributed by atoms with Crippen molar-refractivity contribution in [3.8, 4) is 0 Å². The van der Waals surface area contributed by atoms with Crippen LogP contribution in [0.25, 0.3) is 6.08 Å². The summed E-state index contributed by atoms with van der Waals surface area (Å²) in [6, 6.07) is 16.6. The Morgan fingerprint density at radius 2 is 1.78 bits per heavy atom. The van der Waals surface area contributed by atoms with Crippen LogP contribution in [0.3, 0.4) is 0 Å². The molecule has 3 aromatic rings. The monoisotopic (exact) mass is 454 g/mol. The number of hydrogen-bond acceptors (Lipinski definition) is 6. The third-order valence-corrected chi connectivity index (χ3v) is 5.80. The van der Waals surface area contributed by atoms with Gasteiger partial charge in [0.1, 0.15) is 5.76 Å². The summed E-state index contributed by atoms with van der Waals surface area (Å²) >= 11 is 0. The fraction of sp³-hybridized carbons (Fsp3) is 0.130. The predicted octanol–water partition coefficient (Wildman–Crippen LogP) is 3.26. The van der Waals surface area contributed by atoms with Crippen LogP contribution in [0.5, 0.6) is 0 Å². The maximum atomic E-state index is 12.3. The van der Waals surface area contributed by atoms with Crippen LogP contribution < -0.4 is 10.0 Å². The van der Waals surface area contributed by atoms with E-state index in [1.165, 1.54) is 30.5 Å². The van der Waals surface area contributed by atoms with Crippen molar-refractivity contribution in [2.75, 3.05) is 11.9 Å². The molecule has 0 bridgehead atoms. The smallest absolute Gasteiger partial charge is 0.331 e. The Kier molecular flexibility index (Phi) is 7.58. The molecule has 0 spiro atoms. The number of aryl methyl sites for hydroxylation is 1. The molecule has 0 fully saturated rings. The molecule has 9 heteroatoms. The molecule has 1 aromatic heterocycles. The van der Waals surface area contributed by atoms with E-state index in [1.807, 2.05) is 19.1 Å². The first-order valence-corrected chi connectivity index (χ1v) is 11.1. The van der Waals surface area contributed by atoms with Gasteiger partial charge in [-0.2, -0.15) is 0 Å². The van der Waals surface area contributed by atoms with Crippen LogP contribution in [-0.4, -0.2) is 26.9 Å². The Labute approximate surface area is 186 Å². The molecule has 1 heterocycles. The number of ether oxygens (including phenoxy) is 1. The molecule has 2 N–H and O–H groups in total. The topological polar surface area (TPSA) is 115 Å². The summed E-state index contributed by atoms with van der Waals surface area (Å²) in [5, 5.41) is 2.67. The SMILES string of the molecule is Cc1ccccc1NC(=O)COC(=O)C=Cc1ccc(S(=O)(=O)NCc2ccco2)cc1. The Morgan fingerprint density at radius 3 is 2.47 bits per heavy atom. The highest BCUT2D eigenvalue weighted by Gasteiger charge is 2.14. The molecule has 0 aliphatic heterocycles. The number of carbonyl (C=O) groups excluding carboxylic acids is 2. The van der Waals surface area contributed by atoms with Crippen molar-refractivity contribution in [3.05, 3.63) is 89.9 Å². The van der Waals surface area contributed by atoms with E-state index in [0.29, 0.717) is 17.0 Å². The van der Waals surface area contributed by atoms with Gasteiger partial charge in [0.2, 0.25) is 10.0 Å². The second kappa shape index (κ2) is 10.6. The molecule has 2 aromatic carbocycles. The molecular weight excluding hydrogens is 432 g/mol. The zero-order valence-electron chi connectivity index (χ0n) is 17.3. The van der Waals surface area contributed by atoms with Crippen molar-refractivity contribution in [2.45, 2.75) is 18.4 Å². The first kappa shape index (κ1) is 23.0. The van der Waals surface area contributed by atoms with E-state index < -0.39 is 28.5 Å². The summed E-state index contributed by atoms with van der Waals surface area (Å²) < 4.78 is 37.1. The molecular formula is C23H22N2O6S. The second-order valence-corrected chi connectivity index (χ2v) is 8.54. The maximum Gasteiger partial charge on any atom is 0.331 e. The molecule has 3 rings (SSSR count). The van der Waals surface area contributed by atoms with Gasteiger partial charge in [-0.3, -0.25) is 4.79 Å². The fourth-order valence-electron chi connectivity index (χ4n) is 2.67. The minimum Gasteiger partial charge on any atom is -0.468 e. The van der Waals surface area contributed by atoms with Gasteiger partial charge in [0, 0.05) is 11.8 Å². The number of rotatable bonds is 9. The number of amides is 1. The average molecular weight is 455 g/mol. The van der Waals surface area contributed by atoms with Gasteiger partial charge in [-0.05, 0) is 54.5 Å². The molecule has 0 aliphatic rings. The molecule has 8 nitrogen and oxygen atoms in total. The molecule has 0 aliphatic carbocycles.